The summed E-state index contributed by atoms with van der Waals surface area (Å²) in [5.41, 5.74) is 6.59. The third-order valence-electron chi connectivity index (χ3n) is 4.68. The van der Waals surface area contributed by atoms with Crippen LogP contribution in [0.3, 0.4) is 0 Å². The second kappa shape index (κ2) is 10.2. The van der Waals surface area contributed by atoms with Gasteiger partial charge in [0.05, 0.1) is 12.7 Å². The summed E-state index contributed by atoms with van der Waals surface area (Å²) in [6.45, 7) is 10.3. The van der Waals surface area contributed by atoms with Crippen molar-refractivity contribution in [2.75, 3.05) is 12.8 Å². The first-order chi connectivity index (χ1) is 16.8. The number of anilines is 1. The van der Waals surface area contributed by atoms with Crippen LogP contribution in [0.4, 0.5) is 10.6 Å². The molecule has 0 saturated carbocycles. The second-order valence-electron chi connectivity index (χ2n) is 9.98. The topological polar surface area (TPSA) is 106 Å². The number of hydrogen-bond acceptors (Lipinski definition) is 7. The number of nitrogen functional groups attached to an aromatic ring is 1. The maximum atomic E-state index is 13.3. The van der Waals surface area contributed by atoms with Crippen LogP contribution in [-0.2, 0) is 9.47 Å². The van der Waals surface area contributed by atoms with Crippen molar-refractivity contribution in [3.8, 4) is 28.8 Å². The zero-order valence-corrected chi connectivity index (χ0v) is 21.6. The molecule has 0 radical (unpaired) electrons. The van der Waals surface area contributed by atoms with E-state index in [-0.39, 0.29) is 17.3 Å². The van der Waals surface area contributed by atoms with Crippen molar-refractivity contribution in [3.63, 3.8) is 0 Å². The van der Waals surface area contributed by atoms with Gasteiger partial charge in [-0.05, 0) is 59.7 Å². The van der Waals surface area contributed by atoms with Crippen molar-refractivity contribution in [2.45, 2.75) is 52.7 Å². The van der Waals surface area contributed by atoms with Crippen LogP contribution in [0.25, 0.3) is 11.3 Å². The molecule has 0 aliphatic rings. The summed E-state index contributed by atoms with van der Waals surface area (Å²) < 4.78 is 17.5. The molecule has 0 amide bonds. The van der Waals surface area contributed by atoms with Gasteiger partial charge >= 0.3 is 12.1 Å². The second-order valence-corrected chi connectivity index (χ2v) is 9.98. The Kier molecular flexibility index (Phi) is 7.44. The monoisotopic (exact) mass is 489 g/mol. The van der Waals surface area contributed by atoms with E-state index >= 15 is 0 Å². The van der Waals surface area contributed by atoms with Crippen molar-refractivity contribution in [2.24, 2.45) is 0 Å². The minimum Gasteiger partial charge on any atom is -0.495 e. The van der Waals surface area contributed by atoms with Gasteiger partial charge in [-0.3, -0.25) is 0 Å². The van der Waals surface area contributed by atoms with E-state index in [0.29, 0.717) is 22.4 Å². The predicted molar refractivity (Wildman–Crippen MR) is 138 cm³/mol. The lowest BCUT2D eigenvalue weighted by Gasteiger charge is -2.22. The van der Waals surface area contributed by atoms with Gasteiger partial charge < -0.3 is 19.9 Å². The van der Waals surface area contributed by atoms with Crippen LogP contribution in [0, 0.1) is 11.8 Å². The van der Waals surface area contributed by atoms with Gasteiger partial charge in [-0.15, -0.1) is 0 Å². The van der Waals surface area contributed by atoms with Crippen LogP contribution >= 0.6 is 0 Å². The summed E-state index contributed by atoms with van der Waals surface area (Å²) in [4.78, 5) is 30.5. The zero-order valence-electron chi connectivity index (χ0n) is 21.6. The van der Waals surface area contributed by atoms with Gasteiger partial charge in [-0.1, -0.05) is 42.2 Å². The van der Waals surface area contributed by atoms with E-state index in [4.69, 9.17) is 19.9 Å². The first-order valence-electron chi connectivity index (χ1n) is 11.4. The molecule has 8 heteroatoms. The van der Waals surface area contributed by atoms with Crippen molar-refractivity contribution in [1.29, 1.82) is 0 Å². The summed E-state index contributed by atoms with van der Waals surface area (Å²) in [6.07, 6.45) is -0.810. The van der Waals surface area contributed by atoms with Crippen LogP contribution in [0.2, 0.25) is 0 Å². The van der Waals surface area contributed by atoms with Gasteiger partial charge in [-0.2, -0.15) is 0 Å². The molecule has 0 atom stereocenters. The molecule has 0 unspecified atom stereocenters. The molecule has 1 aromatic heterocycles. The number of ether oxygens (including phenoxy) is 3. The number of esters is 1. The van der Waals surface area contributed by atoms with Crippen LogP contribution in [0.15, 0.2) is 48.5 Å². The molecule has 0 saturated heterocycles. The standard InChI is InChI=1S/C28H31N3O5/c1-27(2,3)35-25(32)24-30-23(29)22(31(24)26(33)36-28(4,5)6)20-14-10-8-12-18(20)16-17-19-13-9-11-15-21(19)34-7/h8-15H,29H2,1-7H3. The highest BCUT2D eigenvalue weighted by Crippen LogP contribution is 2.32. The quantitative estimate of drug-likeness (QED) is 0.394. The van der Waals surface area contributed by atoms with Gasteiger partial charge in [0.15, 0.2) is 5.82 Å². The summed E-state index contributed by atoms with van der Waals surface area (Å²) >= 11 is 0. The van der Waals surface area contributed by atoms with Gasteiger partial charge in [0.2, 0.25) is 5.82 Å². The molecule has 3 aromatic rings. The molecule has 36 heavy (non-hydrogen) atoms. The Hall–Kier alpha value is -4.25. The van der Waals surface area contributed by atoms with Gasteiger partial charge in [0.1, 0.15) is 22.6 Å². The molecule has 2 aromatic carbocycles. The highest BCUT2D eigenvalue weighted by molar-refractivity contribution is 5.96. The van der Waals surface area contributed by atoms with E-state index in [2.05, 4.69) is 16.8 Å². The molecular weight excluding hydrogens is 458 g/mol. The zero-order chi connectivity index (χ0) is 26.7. The molecule has 0 spiro atoms. The number of para-hydroxylation sites is 1. The van der Waals surface area contributed by atoms with Crippen molar-refractivity contribution >= 4 is 17.9 Å². The van der Waals surface area contributed by atoms with E-state index in [1.807, 2.05) is 30.3 Å². The fourth-order valence-corrected chi connectivity index (χ4v) is 3.32. The highest BCUT2D eigenvalue weighted by atomic mass is 16.6. The molecule has 0 bridgehead atoms. The van der Waals surface area contributed by atoms with Gasteiger partial charge in [0.25, 0.3) is 0 Å². The Bertz CT molecular complexity index is 1350. The summed E-state index contributed by atoms with van der Waals surface area (Å²) in [5.74, 6) is 5.75. The minimum absolute atomic E-state index is 0.0340. The van der Waals surface area contributed by atoms with Crippen molar-refractivity contribution in [1.82, 2.24) is 9.55 Å². The molecule has 2 N–H and O–H groups in total. The third-order valence-corrected chi connectivity index (χ3v) is 4.68. The maximum Gasteiger partial charge on any atom is 0.421 e. The van der Waals surface area contributed by atoms with E-state index < -0.39 is 23.3 Å². The molecule has 0 aliphatic heterocycles. The number of nitrogens with zero attached hydrogens (tertiary/aromatic N) is 2. The number of hydrogen-bond donors (Lipinski definition) is 1. The lowest BCUT2D eigenvalue weighted by molar-refractivity contribution is 0.00421. The van der Waals surface area contributed by atoms with E-state index in [9.17, 15) is 9.59 Å². The summed E-state index contributed by atoms with van der Waals surface area (Å²) in [6, 6.07) is 14.5. The fraction of sp³-hybridized carbons (Fsp3) is 0.321. The fourth-order valence-electron chi connectivity index (χ4n) is 3.32. The molecule has 1 heterocycles. The highest BCUT2D eigenvalue weighted by Gasteiger charge is 2.32. The Labute approximate surface area is 211 Å². The molecular formula is C28H31N3O5. The third kappa shape index (κ3) is 6.25. The molecule has 188 valence electrons. The number of methoxy groups -OCH3 is 1. The number of aromatic nitrogens is 2. The summed E-state index contributed by atoms with van der Waals surface area (Å²) in [7, 11) is 1.58. The first-order valence-corrected chi connectivity index (χ1v) is 11.4. The number of carbonyl (C=O) groups excluding carboxylic acids is 2. The lowest BCUT2D eigenvalue weighted by Crippen LogP contribution is -2.31. The SMILES string of the molecule is COc1ccccc1C#Cc1ccccc1-c1c(N)nc(C(=O)OC(C)(C)C)n1C(=O)OC(C)(C)C. The van der Waals surface area contributed by atoms with Gasteiger partial charge in [-0.25, -0.2) is 19.1 Å². The van der Waals surface area contributed by atoms with Crippen molar-refractivity contribution < 1.29 is 23.8 Å². The number of nitrogens with two attached hydrogens (primary N) is 1. The largest absolute Gasteiger partial charge is 0.495 e. The average Bonchev–Trinajstić information content (AvgIpc) is 3.13. The predicted octanol–water partition coefficient (Wildman–Crippen LogP) is 5.28. The van der Waals surface area contributed by atoms with Crippen LogP contribution in [0.1, 0.15) is 63.3 Å². The lowest BCUT2D eigenvalue weighted by atomic mass is 10.0. The molecule has 0 aliphatic carbocycles. The first kappa shape index (κ1) is 26.4. The average molecular weight is 490 g/mol. The van der Waals surface area contributed by atoms with Gasteiger partial charge in [0, 0.05) is 11.1 Å². The Morgan fingerprint density at radius 1 is 0.861 bits per heavy atom. The van der Waals surface area contributed by atoms with Crippen LogP contribution < -0.4 is 10.5 Å². The molecule has 3 rings (SSSR count). The minimum atomic E-state index is -0.832. The normalized spacial score (nSPS) is 11.3. The number of rotatable bonds is 3. The Morgan fingerprint density at radius 3 is 2.03 bits per heavy atom. The van der Waals surface area contributed by atoms with E-state index in [1.54, 1.807) is 66.9 Å². The van der Waals surface area contributed by atoms with Crippen molar-refractivity contribution in [3.05, 3.63) is 65.5 Å². The van der Waals surface area contributed by atoms with Crippen LogP contribution in [-0.4, -0.2) is 39.9 Å². The maximum absolute atomic E-state index is 13.3. The number of imidazole rings is 1. The molecule has 0 fully saturated rings. The van der Waals surface area contributed by atoms with E-state index in [0.717, 1.165) is 4.57 Å². The smallest absolute Gasteiger partial charge is 0.421 e. The Balaban J connectivity index is 2.22. The number of benzene rings is 2. The van der Waals surface area contributed by atoms with Crippen LogP contribution in [0.5, 0.6) is 5.75 Å². The molecule has 8 nitrogen and oxygen atoms in total. The Morgan fingerprint density at radius 2 is 1.42 bits per heavy atom. The van der Waals surface area contributed by atoms with E-state index in [1.165, 1.54) is 0 Å². The number of carbonyl (C=O) groups is 2. The summed E-state index contributed by atoms with van der Waals surface area (Å²) in [5, 5.41) is 0.